The molecule has 1 aromatic heterocycles. The van der Waals surface area contributed by atoms with Gasteiger partial charge in [-0.15, -0.1) is 0 Å². The largest absolute Gasteiger partial charge is 0.481 e. The molecule has 0 spiro atoms. The molecule has 0 fully saturated rings. The fourth-order valence-corrected chi connectivity index (χ4v) is 4.06. The van der Waals surface area contributed by atoms with Crippen molar-refractivity contribution in [2.45, 2.75) is 18.4 Å². The summed E-state index contributed by atoms with van der Waals surface area (Å²) in [5.41, 5.74) is 11.2. The van der Waals surface area contributed by atoms with Crippen LogP contribution in [0.5, 0.6) is 0 Å². The van der Waals surface area contributed by atoms with Crippen molar-refractivity contribution in [1.29, 1.82) is 0 Å². The smallest absolute Gasteiger partial charge is 0.321 e. The standard InChI is InChI=1S/C24H22N2O4/c25-21(12-15-6-5-11-26-13-15)22(23(27)28)24(29)30-14-20-18-9-3-1-7-16(18)17-8-2-4-10-19(17)20/h1-11,13,20-22H,12,14,25H2,(H,27,28)/t21?,22-/m1/s1. The van der Waals surface area contributed by atoms with Crippen LogP contribution >= 0.6 is 0 Å². The molecule has 2 atom stereocenters. The zero-order chi connectivity index (χ0) is 21.1. The number of carbonyl (C=O) groups is 2. The van der Waals surface area contributed by atoms with Crippen LogP contribution in [0, 0.1) is 5.92 Å². The molecule has 0 aliphatic heterocycles. The molecule has 1 aliphatic rings. The van der Waals surface area contributed by atoms with E-state index in [0.29, 0.717) is 0 Å². The highest BCUT2D eigenvalue weighted by molar-refractivity contribution is 5.95. The van der Waals surface area contributed by atoms with Crippen molar-refractivity contribution in [2.75, 3.05) is 6.61 Å². The predicted molar refractivity (Wildman–Crippen MR) is 112 cm³/mol. The van der Waals surface area contributed by atoms with Gasteiger partial charge >= 0.3 is 11.9 Å². The number of carboxylic acid groups (broad SMARTS) is 1. The lowest BCUT2D eigenvalue weighted by Crippen LogP contribution is -2.43. The summed E-state index contributed by atoms with van der Waals surface area (Å²) in [7, 11) is 0. The lowest BCUT2D eigenvalue weighted by Gasteiger charge is -2.21. The summed E-state index contributed by atoms with van der Waals surface area (Å²) >= 11 is 0. The van der Waals surface area contributed by atoms with Crippen LogP contribution in [-0.2, 0) is 20.7 Å². The SMILES string of the molecule is NC(Cc1cccnc1)[C@H](C(=O)O)C(=O)OCC1c2ccccc2-c2ccccc21. The highest BCUT2D eigenvalue weighted by Crippen LogP contribution is 2.44. The fourth-order valence-electron chi connectivity index (χ4n) is 4.06. The Hall–Kier alpha value is -3.51. The average Bonchev–Trinajstić information content (AvgIpc) is 3.06. The fraction of sp³-hybridized carbons (Fsp3) is 0.208. The first-order valence-electron chi connectivity index (χ1n) is 9.78. The van der Waals surface area contributed by atoms with Crippen LogP contribution in [-0.4, -0.2) is 34.7 Å². The summed E-state index contributed by atoms with van der Waals surface area (Å²) in [5.74, 6) is -3.69. The number of benzene rings is 2. The molecule has 152 valence electrons. The Balaban J connectivity index is 1.50. The van der Waals surface area contributed by atoms with Crippen LogP contribution in [0.2, 0.25) is 0 Å². The molecule has 0 radical (unpaired) electrons. The van der Waals surface area contributed by atoms with Crippen molar-refractivity contribution >= 4 is 11.9 Å². The van der Waals surface area contributed by atoms with Gasteiger partial charge in [-0.05, 0) is 40.3 Å². The van der Waals surface area contributed by atoms with E-state index < -0.39 is 23.9 Å². The van der Waals surface area contributed by atoms with E-state index in [2.05, 4.69) is 4.98 Å². The number of aromatic nitrogens is 1. The molecular formula is C24H22N2O4. The first kappa shape index (κ1) is 19.8. The summed E-state index contributed by atoms with van der Waals surface area (Å²) in [5, 5.41) is 9.60. The van der Waals surface area contributed by atoms with Crippen LogP contribution in [0.3, 0.4) is 0 Å². The van der Waals surface area contributed by atoms with Gasteiger partial charge in [0, 0.05) is 24.4 Å². The van der Waals surface area contributed by atoms with Crippen LogP contribution in [0.4, 0.5) is 0 Å². The van der Waals surface area contributed by atoms with Crippen molar-refractivity contribution in [3.05, 3.63) is 89.7 Å². The molecule has 0 amide bonds. The minimum Gasteiger partial charge on any atom is -0.481 e. The maximum absolute atomic E-state index is 12.7. The third-order valence-electron chi connectivity index (χ3n) is 5.50. The number of ether oxygens (including phenoxy) is 1. The number of hydrogen-bond acceptors (Lipinski definition) is 5. The van der Waals surface area contributed by atoms with Gasteiger partial charge in [0.1, 0.15) is 6.61 Å². The van der Waals surface area contributed by atoms with Gasteiger partial charge < -0.3 is 15.6 Å². The molecule has 1 aliphatic carbocycles. The van der Waals surface area contributed by atoms with E-state index in [4.69, 9.17) is 10.5 Å². The molecule has 30 heavy (non-hydrogen) atoms. The van der Waals surface area contributed by atoms with Gasteiger partial charge in [-0.3, -0.25) is 14.6 Å². The topological polar surface area (TPSA) is 103 Å². The number of nitrogens with zero attached hydrogens (tertiary/aromatic N) is 1. The summed E-state index contributed by atoms with van der Waals surface area (Å²) in [4.78, 5) is 28.5. The van der Waals surface area contributed by atoms with Gasteiger partial charge in [0.25, 0.3) is 0 Å². The number of fused-ring (bicyclic) bond motifs is 3. The van der Waals surface area contributed by atoms with Gasteiger partial charge in [0.05, 0.1) is 0 Å². The Morgan fingerprint density at radius 1 is 1.00 bits per heavy atom. The number of hydrogen-bond donors (Lipinski definition) is 2. The summed E-state index contributed by atoms with van der Waals surface area (Å²) in [6.07, 6.45) is 3.45. The van der Waals surface area contributed by atoms with Crippen molar-refractivity contribution < 1.29 is 19.4 Å². The Kier molecular flexibility index (Phi) is 5.59. The Morgan fingerprint density at radius 3 is 2.20 bits per heavy atom. The Morgan fingerprint density at radius 2 is 1.63 bits per heavy atom. The number of esters is 1. The zero-order valence-corrected chi connectivity index (χ0v) is 16.3. The van der Waals surface area contributed by atoms with Crippen molar-refractivity contribution in [3.8, 4) is 11.1 Å². The van der Waals surface area contributed by atoms with E-state index in [-0.39, 0.29) is 18.9 Å². The maximum atomic E-state index is 12.7. The van der Waals surface area contributed by atoms with Crippen LogP contribution < -0.4 is 5.73 Å². The van der Waals surface area contributed by atoms with Gasteiger partial charge in [-0.2, -0.15) is 0 Å². The second-order valence-electron chi connectivity index (χ2n) is 7.40. The molecule has 0 saturated carbocycles. The Bertz CT molecular complexity index is 1020. The second-order valence-corrected chi connectivity index (χ2v) is 7.40. The van der Waals surface area contributed by atoms with Crippen LogP contribution in [0.15, 0.2) is 73.1 Å². The van der Waals surface area contributed by atoms with E-state index in [1.54, 1.807) is 24.5 Å². The van der Waals surface area contributed by atoms with Gasteiger partial charge in [-0.1, -0.05) is 54.6 Å². The first-order chi connectivity index (χ1) is 14.6. The van der Waals surface area contributed by atoms with Crippen LogP contribution in [0.1, 0.15) is 22.6 Å². The molecule has 0 bridgehead atoms. The third-order valence-corrected chi connectivity index (χ3v) is 5.50. The Labute approximate surface area is 174 Å². The number of aliphatic carboxylic acids is 1. The van der Waals surface area contributed by atoms with Crippen molar-refractivity contribution in [1.82, 2.24) is 4.98 Å². The zero-order valence-electron chi connectivity index (χ0n) is 16.3. The first-order valence-corrected chi connectivity index (χ1v) is 9.78. The molecule has 3 aromatic rings. The van der Waals surface area contributed by atoms with E-state index in [1.165, 1.54) is 0 Å². The number of nitrogens with two attached hydrogens (primary N) is 1. The van der Waals surface area contributed by atoms with E-state index in [9.17, 15) is 14.7 Å². The van der Waals surface area contributed by atoms with E-state index in [0.717, 1.165) is 27.8 Å². The van der Waals surface area contributed by atoms with Crippen LogP contribution in [0.25, 0.3) is 11.1 Å². The summed E-state index contributed by atoms with van der Waals surface area (Å²) in [6, 6.07) is 18.6. The van der Waals surface area contributed by atoms with E-state index in [1.807, 2.05) is 48.5 Å². The normalized spacial score (nSPS) is 14.4. The molecule has 6 nitrogen and oxygen atoms in total. The van der Waals surface area contributed by atoms with Gasteiger partial charge in [-0.25, -0.2) is 0 Å². The molecular weight excluding hydrogens is 380 g/mol. The third kappa shape index (κ3) is 3.82. The van der Waals surface area contributed by atoms with E-state index >= 15 is 0 Å². The highest BCUT2D eigenvalue weighted by atomic mass is 16.5. The van der Waals surface area contributed by atoms with Gasteiger partial charge in [0.15, 0.2) is 5.92 Å². The molecule has 1 unspecified atom stereocenters. The molecule has 3 N–H and O–H groups in total. The monoisotopic (exact) mass is 402 g/mol. The number of pyridine rings is 1. The minimum absolute atomic E-state index is 0.0657. The lowest BCUT2D eigenvalue weighted by atomic mass is 9.94. The summed E-state index contributed by atoms with van der Waals surface area (Å²) in [6.45, 7) is 0.0657. The lowest BCUT2D eigenvalue weighted by molar-refractivity contribution is -0.159. The molecule has 2 aromatic carbocycles. The average molecular weight is 402 g/mol. The minimum atomic E-state index is -1.45. The van der Waals surface area contributed by atoms with Crippen molar-refractivity contribution in [2.24, 2.45) is 11.7 Å². The van der Waals surface area contributed by atoms with Gasteiger partial charge in [0.2, 0.25) is 0 Å². The highest BCUT2D eigenvalue weighted by Gasteiger charge is 2.36. The molecule has 1 heterocycles. The van der Waals surface area contributed by atoms with Crippen molar-refractivity contribution in [3.63, 3.8) is 0 Å². The molecule has 6 heteroatoms. The molecule has 4 rings (SSSR count). The number of carboxylic acids is 1. The summed E-state index contributed by atoms with van der Waals surface area (Å²) < 4.78 is 5.51. The molecule has 0 saturated heterocycles. The number of carbonyl (C=O) groups excluding carboxylic acids is 1. The second kappa shape index (κ2) is 8.47. The number of rotatable bonds is 7. The maximum Gasteiger partial charge on any atom is 0.321 e. The predicted octanol–water partition coefficient (Wildman–Crippen LogP) is 3.01. The quantitative estimate of drug-likeness (QED) is 0.465.